The summed E-state index contributed by atoms with van der Waals surface area (Å²) in [6, 6.07) is 7.49. The minimum atomic E-state index is -0.115. The molecule has 2 aromatic rings. The Kier molecular flexibility index (Phi) is 6.78. The van der Waals surface area contributed by atoms with Gasteiger partial charge in [-0.1, -0.05) is 12.1 Å². The number of carbonyl (C=O) groups excluding carboxylic acids is 1. The van der Waals surface area contributed by atoms with Crippen LogP contribution in [0.15, 0.2) is 24.3 Å². The lowest BCUT2D eigenvalue weighted by Gasteiger charge is -2.19. The van der Waals surface area contributed by atoms with Gasteiger partial charge in [-0.15, -0.1) is 12.4 Å². The molecule has 1 aromatic carbocycles. The number of rotatable bonds is 5. The first-order valence-corrected chi connectivity index (χ1v) is 8.20. The van der Waals surface area contributed by atoms with Crippen LogP contribution < -0.4 is 15.4 Å². The minimum Gasteiger partial charge on any atom is -0.497 e. The Morgan fingerprint density at radius 2 is 2.16 bits per heavy atom. The standard InChI is InChI=1S/C17H23N5O2.ClH/c1-22-17(20-16(21-22)13-6-8-18-9-7-13)19-15(23)11-12-4-3-5-14(10-12)24-2;/h3-5,10,13,18H,6-9,11H2,1-2H3,(H,19,20,21,23);1H. The minimum absolute atomic E-state index is 0. The van der Waals surface area contributed by atoms with Gasteiger partial charge in [-0.25, -0.2) is 4.68 Å². The van der Waals surface area contributed by atoms with Crippen molar-refractivity contribution in [3.8, 4) is 5.75 Å². The number of nitrogens with zero attached hydrogens (tertiary/aromatic N) is 3. The Bertz CT molecular complexity index is 713. The molecule has 1 aliphatic rings. The molecule has 7 nitrogen and oxygen atoms in total. The van der Waals surface area contributed by atoms with Gasteiger partial charge in [0.2, 0.25) is 11.9 Å². The molecular formula is C17H24ClN5O2. The molecule has 1 amide bonds. The number of benzene rings is 1. The predicted molar refractivity (Wildman–Crippen MR) is 98.4 cm³/mol. The molecule has 1 fully saturated rings. The Hall–Kier alpha value is -2.12. The van der Waals surface area contributed by atoms with E-state index in [1.165, 1.54) is 0 Å². The number of anilines is 1. The van der Waals surface area contributed by atoms with Crippen LogP contribution in [0.3, 0.4) is 0 Å². The van der Waals surface area contributed by atoms with Crippen LogP contribution in [0.25, 0.3) is 0 Å². The maximum Gasteiger partial charge on any atom is 0.231 e. The second-order valence-electron chi connectivity index (χ2n) is 6.02. The maximum absolute atomic E-state index is 12.3. The van der Waals surface area contributed by atoms with Crippen LogP contribution in [-0.2, 0) is 18.3 Å². The average Bonchev–Trinajstić information content (AvgIpc) is 2.96. The van der Waals surface area contributed by atoms with Gasteiger partial charge in [0.25, 0.3) is 0 Å². The Labute approximate surface area is 153 Å². The lowest BCUT2D eigenvalue weighted by atomic mass is 9.98. The van der Waals surface area contributed by atoms with E-state index in [1.807, 2.05) is 24.3 Å². The largest absolute Gasteiger partial charge is 0.497 e. The SMILES string of the molecule is COc1cccc(CC(=O)Nc2nc(C3CCNCC3)nn2C)c1.Cl. The van der Waals surface area contributed by atoms with E-state index in [0.717, 1.165) is 43.1 Å². The van der Waals surface area contributed by atoms with Gasteiger partial charge in [0.05, 0.1) is 13.5 Å². The third-order valence-corrected chi connectivity index (χ3v) is 4.23. The molecule has 2 heterocycles. The van der Waals surface area contributed by atoms with E-state index in [2.05, 4.69) is 20.7 Å². The Morgan fingerprint density at radius 1 is 1.40 bits per heavy atom. The quantitative estimate of drug-likeness (QED) is 0.845. The predicted octanol–water partition coefficient (Wildman–Crippen LogP) is 1.89. The van der Waals surface area contributed by atoms with Crippen LogP contribution in [0, 0.1) is 0 Å². The first-order valence-electron chi connectivity index (χ1n) is 8.20. The van der Waals surface area contributed by atoms with Crippen molar-refractivity contribution in [1.29, 1.82) is 0 Å². The molecule has 1 aliphatic heterocycles. The highest BCUT2D eigenvalue weighted by atomic mass is 35.5. The number of aromatic nitrogens is 3. The summed E-state index contributed by atoms with van der Waals surface area (Å²) >= 11 is 0. The molecule has 2 N–H and O–H groups in total. The van der Waals surface area contributed by atoms with E-state index in [1.54, 1.807) is 18.8 Å². The van der Waals surface area contributed by atoms with Crippen LogP contribution in [0.5, 0.6) is 5.75 Å². The monoisotopic (exact) mass is 365 g/mol. The van der Waals surface area contributed by atoms with Gasteiger partial charge in [0.15, 0.2) is 5.82 Å². The number of aryl methyl sites for hydroxylation is 1. The third kappa shape index (κ3) is 4.93. The highest BCUT2D eigenvalue weighted by molar-refractivity contribution is 5.90. The highest BCUT2D eigenvalue weighted by Crippen LogP contribution is 2.23. The van der Waals surface area contributed by atoms with E-state index in [9.17, 15) is 4.79 Å². The summed E-state index contributed by atoms with van der Waals surface area (Å²) in [5, 5.41) is 10.6. The van der Waals surface area contributed by atoms with E-state index in [0.29, 0.717) is 11.9 Å². The molecule has 25 heavy (non-hydrogen) atoms. The summed E-state index contributed by atoms with van der Waals surface area (Å²) in [6.07, 6.45) is 2.33. The first kappa shape index (κ1) is 19.2. The fraction of sp³-hybridized carbons (Fsp3) is 0.471. The molecule has 1 aromatic heterocycles. The molecule has 0 radical (unpaired) electrons. The number of methoxy groups -OCH3 is 1. The molecule has 0 bridgehead atoms. The molecule has 0 spiro atoms. The summed E-state index contributed by atoms with van der Waals surface area (Å²) in [6.45, 7) is 1.97. The number of carbonyl (C=O) groups is 1. The van der Waals surface area contributed by atoms with E-state index < -0.39 is 0 Å². The van der Waals surface area contributed by atoms with Gasteiger partial charge in [-0.3, -0.25) is 10.1 Å². The van der Waals surface area contributed by atoms with E-state index in [-0.39, 0.29) is 24.7 Å². The Balaban J connectivity index is 0.00000225. The summed E-state index contributed by atoms with van der Waals surface area (Å²) in [5.74, 6) is 2.30. The number of nitrogens with one attached hydrogen (secondary N) is 2. The number of amides is 1. The van der Waals surface area contributed by atoms with Crippen LogP contribution in [0.4, 0.5) is 5.95 Å². The summed E-state index contributed by atoms with van der Waals surface area (Å²) in [4.78, 5) is 16.8. The van der Waals surface area contributed by atoms with Crippen molar-refractivity contribution in [3.63, 3.8) is 0 Å². The maximum atomic E-state index is 12.3. The van der Waals surface area contributed by atoms with E-state index in [4.69, 9.17) is 4.74 Å². The molecule has 136 valence electrons. The number of hydrogen-bond acceptors (Lipinski definition) is 5. The number of halogens is 1. The molecule has 0 unspecified atom stereocenters. The zero-order chi connectivity index (χ0) is 16.9. The third-order valence-electron chi connectivity index (χ3n) is 4.23. The molecule has 8 heteroatoms. The molecule has 3 rings (SSSR count). The van der Waals surface area contributed by atoms with Gasteiger partial charge < -0.3 is 10.1 Å². The van der Waals surface area contributed by atoms with Crippen molar-refractivity contribution in [2.24, 2.45) is 7.05 Å². The van der Waals surface area contributed by atoms with Gasteiger partial charge in [0.1, 0.15) is 5.75 Å². The van der Waals surface area contributed by atoms with Crippen LogP contribution in [-0.4, -0.2) is 40.9 Å². The highest BCUT2D eigenvalue weighted by Gasteiger charge is 2.21. The van der Waals surface area contributed by atoms with Crippen LogP contribution >= 0.6 is 12.4 Å². The molecule has 1 saturated heterocycles. The number of hydrogen-bond donors (Lipinski definition) is 2. The van der Waals surface area contributed by atoms with Gasteiger partial charge in [-0.2, -0.15) is 10.1 Å². The topological polar surface area (TPSA) is 81.1 Å². The van der Waals surface area contributed by atoms with E-state index >= 15 is 0 Å². The van der Waals surface area contributed by atoms with Crippen molar-refractivity contribution >= 4 is 24.3 Å². The van der Waals surface area contributed by atoms with Gasteiger partial charge in [-0.05, 0) is 43.6 Å². The second kappa shape index (κ2) is 8.82. The van der Waals surface area contributed by atoms with Crippen molar-refractivity contribution in [2.75, 3.05) is 25.5 Å². The second-order valence-corrected chi connectivity index (χ2v) is 6.02. The molecule has 0 saturated carbocycles. The molecule has 0 atom stereocenters. The van der Waals surface area contributed by atoms with Crippen LogP contribution in [0.2, 0.25) is 0 Å². The molecule has 0 aliphatic carbocycles. The van der Waals surface area contributed by atoms with Crippen LogP contribution in [0.1, 0.15) is 30.1 Å². The first-order chi connectivity index (χ1) is 11.7. The number of ether oxygens (including phenoxy) is 1. The summed E-state index contributed by atoms with van der Waals surface area (Å²) in [5.41, 5.74) is 0.896. The lowest BCUT2D eigenvalue weighted by Crippen LogP contribution is -2.27. The number of piperidine rings is 1. The average molecular weight is 366 g/mol. The smallest absolute Gasteiger partial charge is 0.231 e. The van der Waals surface area contributed by atoms with Crippen molar-refractivity contribution in [3.05, 3.63) is 35.7 Å². The fourth-order valence-corrected chi connectivity index (χ4v) is 2.90. The lowest BCUT2D eigenvalue weighted by molar-refractivity contribution is -0.115. The molecular weight excluding hydrogens is 342 g/mol. The summed E-state index contributed by atoms with van der Waals surface area (Å²) < 4.78 is 6.82. The van der Waals surface area contributed by atoms with Gasteiger partial charge in [0, 0.05) is 13.0 Å². The van der Waals surface area contributed by atoms with Gasteiger partial charge >= 0.3 is 0 Å². The Morgan fingerprint density at radius 3 is 2.88 bits per heavy atom. The van der Waals surface area contributed by atoms with Crippen molar-refractivity contribution in [1.82, 2.24) is 20.1 Å². The zero-order valence-electron chi connectivity index (χ0n) is 14.5. The normalized spacial score (nSPS) is 14.6. The fourth-order valence-electron chi connectivity index (χ4n) is 2.90. The van der Waals surface area contributed by atoms with Crippen molar-refractivity contribution in [2.45, 2.75) is 25.2 Å². The summed E-state index contributed by atoms with van der Waals surface area (Å²) in [7, 11) is 3.42. The van der Waals surface area contributed by atoms with Crippen molar-refractivity contribution < 1.29 is 9.53 Å². The zero-order valence-corrected chi connectivity index (χ0v) is 15.3.